The van der Waals surface area contributed by atoms with Crippen molar-refractivity contribution in [1.82, 2.24) is 14.9 Å². The molecular formula is C25H31N5O2. The van der Waals surface area contributed by atoms with Crippen molar-refractivity contribution in [2.45, 2.75) is 38.1 Å². The monoisotopic (exact) mass is 433 g/mol. The number of hydrogen-bond acceptors (Lipinski definition) is 6. The molecule has 0 saturated carbocycles. The highest BCUT2D eigenvalue weighted by atomic mass is 16.5. The quantitative estimate of drug-likeness (QED) is 0.691. The molecule has 32 heavy (non-hydrogen) atoms. The van der Waals surface area contributed by atoms with Gasteiger partial charge in [-0.2, -0.15) is 9.97 Å². The van der Waals surface area contributed by atoms with Crippen LogP contribution in [0.2, 0.25) is 0 Å². The maximum Gasteiger partial charge on any atom is 0.318 e. The predicted molar refractivity (Wildman–Crippen MR) is 125 cm³/mol. The Kier molecular flexibility index (Phi) is 5.72. The average molecular weight is 434 g/mol. The number of methoxy groups -OCH3 is 1. The van der Waals surface area contributed by atoms with Crippen molar-refractivity contribution in [2.24, 2.45) is 0 Å². The number of carbonyl (C=O) groups excluding carboxylic acids is 1. The fraction of sp³-hybridized carbons (Fsp3) is 0.480. The van der Waals surface area contributed by atoms with E-state index in [1.165, 1.54) is 29.3 Å². The molecule has 1 atom stereocenters. The van der Waals surface area contributed by atoms with Crippen LogP contribution >= 0.6 is 0 Å². The molecule has 0 bridgehead atoms. The van der Waals surface area contributed by atoms with E-state index < -0.39 is 0 Å². The van der Waals surface area contributed by atoms with Crippen molar-refractivity contribution in [3.63, 3.8) is 0 Å². The zero-order valence-electron chi connectivity index (χ0n) is 18.8. The average Bonchev–Trinajstić information content (AvgIpc) is 2.87. The molecule has 1 aromatic carbocycles. The number of amides is 1. The summed E-state index contributed by atoms with van der Waals surface area (Å²) in [6.07, 6.45) is 6.72. The Morgan fingerprint density at radius 3 is 2.72 bits per heavy atom. The van der Waals surface area contributed by atoms with Crippen molar-refractivity contribution in [3.8, 4) is 6.01 Å². The molecule has 168 valence electrons. The lowest BCUT2D eigenvalue weighted by Crippen LogP contribution is -2.49. The Bertz CT molecular complexity index is 1020. The van der Waals surface area contributed by atoms with E-state index in [2.05, 4.69) is 40.6 Å². The van der Waals surface area contributed by atoms with Gasteiger partial charge in [-0.15, -0.1) is 0 Å². The Morgan fingerprint density at radius 1 is 1.12 bits per heavy atom. The first kappa shape index (κ1) is 20.8. The fourth-order valence-electron chi connectivity index (χ4n) is 5.38. The highest BCUT2D eigenvalue weighted by Gasteiger charge is 2.32. The van der Waals surface area contributed by atoms with Crippen molar-refractivity contribution < 1.29 is 9.53 Å². The van der Waals surface area contributed by atoms with Crippen LogP contribution in [-0.4, -0.2) is 66.7 Å². The first-order valence-corrected chi connectivity index (χ1v) is 11.6. The largest absolute Gasteiger partial charge is 0.467 e. The zero-order valence-corrected chi connectivity index (χ0v) is 18.8. The second-order valence-electron chi connectivity index (χ2n) is 8.80. The number of aryl methyl sites for hydroxylation is 1. The molecule has 2 aliphatic heterocycles. The van der Waals surface area contributed by atoms with Gasteiger partial charge in [-0.25, -0.2) is 0 Å². The first-order valence-electron chi connectivity index (χ1n) is 11.6. The lowest BCUT2D eigenvalue weighted by atomic mass is 9.88. The minimum atomic E-state index is -0.00315. The molecule has 1 saturated heterocycles. The molecule has 1 aliphatic carbocycles. The maximum absolute atomic E-state index is 12.0. The van der Waals surface area contributed by atoms with Gasteiger partial charge in [0.25, 0.3) is 0 Å². The van der Waals surface area contributed by atoms with Gasteiger partial charge in [-0.1, -0.05) is 24.8 Å². The fourth-order valence-corrected chi connectivity index (χ4v) is 5.38. The Balaban J connectivity index is 1.39. The smallest absolute Gasteiger partial charge is 0.318 e. The number of rotatable bonds is 4. The summed E-state index contributed by atoms with van der Waals surface area (Å²) in [5.41, 5.74) is 5.19. The summed E-state index contributed by atoms with van der Waals surface area (Å²) in [5.74, 6) is 0.978. The summed E-state index contributed by atoms with van der Waals surface area (Å²) in [4.78, 5) is 28.2. The number of carbonyl (C=O) groups is 1. The number of ether oxygens (including phenoxy) is 1. The van der Waals surface area contributed by atoms with E-state index in [9.17, 15) is 4.79 Å². The van der Waals surface area contributed by atoms with E-state index in [1.807, 2.05) is 4.90 Å². The molecule has 2 aromatic rings. The van der Waals surface area contributed by atoms with E-state index in [0.29, 0.717) is 25.1 Å². The molecule has 1 aromatic heterocycles. The van der Waals surface area contributed by atoms with Crippen LogP contribution in [0.25, 0.3) is 0 Å². The van der Waals surface area contributed by atoms with Crippen LogP contribution in [0.4, 0.5) is 11.5 Å². The normalized spacial score (nSPS) is 20.4. The van der Waals surface area contributed by atoms with E-state index in [-0.39, 0.29) is 5.91 Å². The highest BCUT2D eigenvalue weighted by Crippen LogP contribution is 2.36. The minimum Gasteiger partial charge on any atom is -0.467 e. The molecular weight excluding hydrogens is 402 g/mol. The SMILES string of the molecule is C=CC(=O)N1CCN(c2nc(OC)nc3c2CCC(N2CCCc4ccccc42)C3)CC1. The van der Waals surface area contributed by atoms with Crippen LogP contribution < -0.4 is 14.5 Å². The lowest BCUT2D eigenvalue weighted by Gasteiger charge is -2.41. The third-order valence-electron chi connectivity index (χ3n) is 7.04. The van der Waals surface area contributed by atoms with Gasteiger partial charge in [0.15, 0.2) is 0 Å². The number of benzene rings is 1. The summed E-state index contributed by atoms with van der Waals surface area (Å²) in [7, 11) is 1.63. The van der Waals surface area contributed by atoms with Crippen LogP contribution in [0.3, 0.4) is 0 Å². The van der Waals surface area contributed by atoms with Crippen LogP contribution in [0.15, 0.2) is 36.9 Å². The molecule has 7 heteroatoms. The topological polar surface area (TPSA) is 61.8 Å². The number of aromatic nitrogens is 2. The Labute approximate surface area is 189 Å². The zero-order chi connectivity index (χ0) is 22.1. The summed E-state index contributed by atoms with van der Waals surface area (Å²) < 4.78 is 5.49. The van der Waals surface area contributed by atoms with Crippen molar-refractivity contribution in [1.29, 1.82) is 0 Å². The van der Waals surface area contributed by atoms with Gasteiger partial charge in [0.2, 0.25) is 5.91 Å². The molecule has 1 amide bonds. The van der Waals surface area contributed by atoms with Crippen LogP contribution in [-0.2, 0) is 24.1 Å². The van der Waals surface area contributed by atoms with Gasteiger partial charge in [-0.3, -0.25) is 4.79 Å². The van der Waals surface area contributed by atoms with E-state index >= 15 is 0 Å². The summed E-state index contributed by atoms with van der Waals surface area (Å²) >= 11 is 0. The van der Waals surface area contributed by atoms with Crippen molar-refractivity contribution >= 4 is 17.4 Å². The standard InChI is InChI=1S/C25H31N5O2/c1-3-23(31)28-13-15-29(16-14-28)24-20-11-10-19(17-21(20)26-25(27-24)32-2)30-12-6-8-18-7-4-5-9-22(18)30/h3-5,7,9,19H,1,6,8,10-17H2,2H3. The number of piperazine rings is 1. The highest BCUT2D eigenvalue weighted by molar-refractivity contribution is 5.87. The molecule has 0 radical (unpaired) electrons. The lowest BCUT2D eigenvalue weighted by molar-refractivity contribution is -0.126. The molecule has 3 heterocycles. The van der Waals surface area contributed by atoms with Gasteiger partial charge in [0, 0.05) is 56.4 Å². The number of anilines is 2. The minimum absolute atomic E-state index is 0.00315. The Morgan fingerprint density at radius 2 is 1.94 bits per heavy atom. The number of para-hydroxylation sites is 1. The molecule has 1 fully saturated rings. The molecule has 0 spiro atoms. The Hall–Kier alpha value is -3.09. The van der Waals surface area contributed by atoms with Gasteiger partial charge >= 0.3 is 6.01 Å². The first-order chi connectivity index (χ1) is 15.7. The van der Waals surface area contributed by atoms with E-state index in [4.69, 9.17) is 14.7 Å². The van der Waals surface area contributed by atoms with Crippen LogP contribution in [0.1, 0.15) is 29.7 Å². The van der Waals surface area contributed by atoms with Gasteiger partial charge in [-0.05, 0) is 43.4 Å². The van der Waals surface area contributed by atoms with Gasteiger partial charge in [0.05, 0.1) is 12.8 Å². The second kappa shape index (κ2) is 8.81. The third-order valence-corrected chi connectivity index (χ3v) is 7.04. The van der Waals surface area contributed by atoms with Crippen LogP contribution in [0, 0.1) is 0 Å². The number of nitrogens with zero attached hydrogens (tertiary/aromatic N) is 5. The second-order valence-corrected chi connectivity index (χ2v) is 8.80. The molecule has 5 rings (SSSR count). The third kappa shape index (κ3) is 3.80. The number of hydrogen-bond donors (Lipinski definition) is 0. The molecule has 0 N–H and O–H groups in total. The van der Waals surface area contributed by atoms with Crippen molar-refractivity contribution in [2.75, 3.05) is 49.6 Å². The van der Waals surface area contributed by atoms with Crippen molar-refractivity contribution in [3.05, 3.63) is 53.7 Å². The molecule has 7 nitrogen and oxygen atoms in total. The van der Waals surface area contributed by atoms with E-state index in [0.717, 1.165) is 56.8 Å². The van der Waals surface area contributed by atoms with Crippen LogP contribution in [0.5, 0.6) is 6.01 Å². The maximum atomic E-state index is 12.0. The number of fused-ring (bicyclic) bond motifs is 2. The van der Waals surface area contributed by atoms with Gasteiger partial charge < -0.3 is 19.4 Å². The molecule has 3 aliphatic rings. The predicted octanol–water partition coefficient (Wildman–Crippen LogP) is 2.63. The summed E-state index contributed by atoms with van der Waals surface area (Å²) in [5, 5.41) is 0. The summed E-state index contributed by atoms with van der Waals surface area (Å²) in [6, 6.07) is 9.69. The molecule has 1 unspecified atom stereocenters. The van der Waals surface area contributed by atoms with E-state index in [1.54, 1.807) is 7.11 Å². The van der Waals surface area contributed by atoms with Gasteiger partial charge in [0.1, 0.15) is 5.82 Å². The summed E-state index contributed by atoms with van der Waals surface area (Å²) in [6.45, 7) is 7.59.